The first-order valence-electron chi connectivity index (χ1n) is 10.1. The molecule has 0 saturated carbocycles. The van der Waals surface area contributed by atoms with Crippen LogP contribution in [0.4, 0.5) is 5.69 Å². The summed E-state index contributed by atoms with van der Waals surface area (Å²) in [6, 6.07) is 25.1. The summed E-state index contributed by atoms with van der Waals surface area (Å²) in [4.78, 5) is 13.2. The molecule has 1 amide bonds. The molecule has 8 heteroatoms. The molecule has 0 aliphatic rings. The van der Waals surface area contributed by atoms with Crippen molar-refractivity contribution in [2.24, 2.45) is 0 Å². The molecule has 1 heterocycles. The maximum atomic E-state index is 13.2. The lowest BCUT2D eigenvalue weighted by atomic mass is 10.1. The molecular weight excluding hydrogens is 422 g/mol. The van der Waals surface area contributed by atoms with Crippen LogP contribution in [-0.4, -0.2) is 33.2 Å². The Morgan fingerprint density at radius 2 is 1.75 bits per heavy atom. The third-order valence-electron chi connectivity index (χ3n) is 4.87. The van der Waals surface area contributed by atoms with E-state index in [9.17, 15) is 4.79 Å². The molecule has 3 aromatic carbocycles. The molecule has 0 fully saturated rings. The lowest BCUT2D eigenvalue weighted by Crippen LogP contribution is -2.19. The molecular formula is C24H23N5O2S. The van der Waals surface area contributed by atoms with Gasteiger partial charge in [0.05, 0.1) is 13.7 Å². The van der Waals surface area contributed by atoms with Gasteiger partial charge < -0.3 is 10.1 Å². The van der Waals surface area contributed by atoms with E-state index < -0.39 is 5.25 Å². The minimum Gasteiger partial charge on any atom is -0.497 e. The van der Waals surface area contributed by atoms with E-state index in [4.69, 9.17) is 4.74 Å². The van der Waals surface area contributed by atoms with Crippen molar-refractivity contribution in [2.45, 2.75) is 23.9 Å². The van der Waals surface area contributed by atoms with Gasteiger partial charge in [0.2, 0.25) is 11.1 Å². The van der Waals surface area contributed by atoms with Gasteiger partial charge in [-0.3, -0.25) is 4.79 Å². The number of hydrogen-bond acceptors (Lipinski definition) is 6. The summed E-state index contributed by atoms with van der Waals surface area (Å²) in [5, 5.41) is 15.2. The summed E-state index contributed by atoms with van der Waals surface area (Å²) in [6.45, 7) is 2.50. The first-order valence-corrected chi connectivity index (χ1v) is 11.0. The average molecular weight is 446 g/mol. The highest BCUT2D eigenvalue weighted by Gasteiger charge is 2.25. The fraction of sp³-hybridized carbons (Fsp3) is 0.167. The Labute approximate surface area is 190 Å². The number of methoxy groups -OCH3 is 1. The van der Waals surface area contributed by atoms with Crippen LogP contribution in [0.1, 0.15) is 21.9 Å². The molecule has 1 N–H and O–H groups in total. The maximum Gasteiger partial charge on any atom is 0.242 e. The molecule has 32 heavy (non-hydrogen) atoms. The highest BCUT2D eigenvalue weighted by molar-refractivity contribution is 8.00. The lowest BCUT2D eigenvalue weighted by molar-refractivity contribution is -0.115. The first kappa shape index (κ1) is 21.6. The van der Waals surface area contributed by atoms with E-state index in [1.54, 1.807) is 11.8 Å². The van der Waals surface area contributed by atoms with Gasteiger partial charge in [0.25, 0.3) is 0 Å². The molecule has 0 bridgehead atoms. The summed E-state index contributed by atoms with van der Waals surface area (Å²) in [7, 11) is 1.64. The maximum absolute atomic E-state index is 13.2. The third kappa shape index (κ3) is 5.33. The molecule has 7 nitrogen and oxygen atoms in total. The fourth-order valence-electron chi connectivity index (χ4n) is 3.13. The molecule has 0 aliphatic heterocycles. The number of rotatable bonds is 8. The summed E-state index contributed by atoms with van der Waals surface area (Å²) >= 11 is 1.32. The normalized spacial score (nSPS) is 11.7. The fourth-order valence-corrected chi connectivity index (χ4v) is 4.11. The van der Waals surface area contributed by atoms with Gasteiger partial charge in [0.15, 0.2) is 0 Å². The van der Waals surface area contributed by atoms with E-state index in [2.05, 4.69) is 20.8 Å². The van der Waals surface area contributed by atoms with Crippen molar-refractivity contribution >= 4 is 23.4 Å². The van der Waals surface area contributed by atoms with Gasteiger partial charge in [-0.1, -0.05) is 71.9 Å². The van der Waals surface area contributed by atoms with Crippen LogP contribution < -0.4 is 10.1 Å². The van der Waals surface area contributed by atoms with E-state index in [0.29, 0.717) is 11.7 Å². The number of tetrazole rings is 1. The number of ether oxygens (including phenoxy) is 1. The Hall–Kier alpha value is -3.65. The van der Waals surface area contributed by atoms with Crippen molar-refractivity contribution in [1.82, 2.24) is 20.2 Å². The highest BCUT2D eigenvalue weighted by atomic mass is 32.2. The van der Waals surface area contributed by atoms with Crippen LogP contribution in [-0.2, 0) is 11.3 Å². The summed E-state index contributed by atoms with van der Waals surface area (Å²) in [6.07, 6.45) is 0. The number of amides is 1. The van der Waals surface area contributed by atoms with Crippen LogP contribution in [0.3, 0.4) is 0 Å². The molecule has 0 saturated heterocycles. The van der Waals surface area contributed by atoms with E-state index in [1.165, 1.54) is 11.8 Å². The van der Waals surface area contributed by atoms with E-state index >= 15 is 0 Å². The number of carbonyl (C=O) groups is 1. The third-order valence-corrected chi connectivity index (χ3v) is 6.10. The number of thioether (sulfide) groups is 1. The van der Waals surface area contributed by atoms with Crippen molar-refractivity contribution in [2.75, 3.05) is 12.4 Å². The van der Waals surface area contributed by atoms with Crippen LogP contribution in [0.25, 0.3) is 0 Å². The zero-order valence-electron chi connectivity index (χ0n) is 17.8. The number of aromatic nitrogens is 4. The van der Waals surface area contributed by atoms with Crippen LogP contribution >= 0.6 is 11.8 Å². The van der Waals surface area contributed by atoms with E-state index in [0.717, 1.165) is 28.1 Å². The number of anilines is 1. The molecule has 1 atom stereocenters. The van der Waals surface area contributed by atoms with Gasteiger partial charge in [-0.05, 0) is 52.7 Å². The second kappa shape index (κ2) is 10.1. The molecule has 4 aromatic rings. The quantitative estimate of drug-likeness (QED) is 0.402. The van der Waals surface area contributed by atoms with Gasteiger partial charge in [-0.15, -0.1) is 5.10 Å². The van der Waals surface area contributed by atoms with Crippen molar-refractivity contribution in [3.8, 4) is 5.75 Å². The molecule has 162 valence electrons. The minimum absolute atomic E-state index is 0.135. The Morgan fingerprint density at radius 1 is 1.03 bits per heavy atom. The zero-order valence-corrected chi connectivity index (χ0v) is 18.6. The minimum atomic E-state index is -0.516. The Morgan fingerprint density at radius 3 is 2.44 bits per heavy atom. The summed E-state index contributed by atoms with van der Waals surface area (Å²) in [5.74, 6) is 0.654. The van der Waals surface area contributed by atoms with Crippen LogP contribution in [0.2, 0.25) is 0 Å². The van der Waals surface area contributed by atoms with Crippen LogP contribution in [0, 0.1) is 6.92 Å². The molecule has 0 radical (unpaired) electrons. The van der Waals surface area contributed by atoms with Crippen molar-refractivity contribution in [1.29, 1.82) is 0 Å². The zero-order chi connectivity index (χ0) is 22.3. The predicted molar refractivity (Wildman–Crippen MR) is 125 cm³/mol. The largest absolute Gasteiger partial charge is 0.497 e. The van der Waals surface area contributed by atoms with Gasteiger partial charge in [-0.2, -0.15) is 0 Å². The first-order chi connectivity index (χ1) is 15.6. The number of benzene rings is 3. The topological polar surface area (TPSA) is 81.9 Å². The Kier molecular flexibility index (Phi) is 6.81. The summed E-state index contributed by atoms with van der Waals surface area (Å²) in [5.41, 5.74) is 3.79. The van der Waals surface area contributed by atoms with E-state index in [1.807, 2.05) is 85.8 Å². The Bertz CT molecular complexity index is 1160. The van der Waals surface area contributed by atoms with E-state index in [-0.39, 0.29) is 5.91 Å². The molecule has 4 rings (SSSR count). The Balaban J connectivity index is 1.56. The van der Waals surface area contributed by atoms with Gasteiger partial charge in [0.1, 0.15) is 11.0 Å². The van der Waals surface area contributed by atoms with Crippen molar-refractivity contribution in [3.63, 3.8) is 0 Å². The van der Waals surface area contributed by atoms with Gasteiger partial charge in [-0.25, -0.2) is 4.68 Å². The van der Waals surface area contributed by atoms with Crippen molar-refractivity contribution in [3.05, 3.63) is 95.6 Å². The van der Waals surface area contributed by atoms with Gasteiger partial charge >= 0.3 is 0 Å². The van der Waals surface area contributed by atoms with Crippen molar-refractivity contribution < 1.29 is 9.53 Å². The molecule has 0 unspecified atom stereocenters. The van der Waals surface area contributed by atoms with Crippen LogP contribution in [0.15, 0.2) is 84.0 Å². The average Bonchev–Trinajstić information content (AvgIpc) is 3.26. The predicted octanol–water partition coefficient (Wildman–Crippen LogP) is 4.51. The second-order valence-electron chi connectivity index (χ2n) is 7.23. The number of aryl methyl sites for hydroxylation is 1. The van der Waals surface area contributed by atoms with Crippen LogP contribution in [0.5, 0.6) is 5.75 Å². The standard InChI is InChI=1S/C24H23N5O2S/c1-17-8-12-20(13-9-17)25-23(30)22(19-6-4-3-5-7-19)32-24-26-27-28-29(24)16-18-10-14-21(31-2)15-11-18/h3-15,22H,16H2,1-2H3,(H,25,30)/t22-/m0/s1. The smallest absolute Gasteiger partial charge is 0.242 e. The number of hydrogen-bond donors (Lipinski definition) is 1. The molecule has 0 spiro atoms. The number of carbonyl (C=O) groups excluding carboxylic acids is 1. The lowest BCUT2D eigenvalue weighted by Gasteiger charge is -2.17. The molecule has 1 aromatic heterocycles. The molecule has 0 aliphatic carbocycles. The highest BCUT2D eigenvalue weighted by Crippen LogP contribution is 2.35. The van der Waals surface area contributed by atoms with Gasteiger partial charge in [0, 0.05) is 5.69 Å². The summed E-state index contributed by atoms with van der Waals surface area (Å²) < 4.78 is 6.91. The second-order valence-corrected chi connectivity index (χ2v) is 8.30. The monoisotopic (exact) mass is 445 g/mol. The number of nitrogens with one attached hydrogen (secondary N) is 1. The number of nitrogens with zero attached hydrogens (tertiary/aromatic N) is 4. The SMILES string of the molecule is COc1ccc(Cn2nnnc2S[C@H](C(=O)Nc2ccc(C)cc2)c2ccccc2)cc1.